The van der Waals surface area contributed by atoms with Crippen molar-refractivity contribution in [1.29, 1.82) is 0 Å². The van der Waals surface area contributed by atoms with E-state index < -0.39 is 0 Å². The van der Waals surface area contributed by atoms with Crippen LogP contribution in [0.4, 0.5) is 5.69 Å². The second kappa shape index (κ2) is 6.52. The molecule has 0 bridgehead atoms. The molecule has 20 heavy (non-hydrogen) atoms. The lowest BCUT2D eigenvalue weighted by molar-refractivity contribution is 0.568. The fraction of sp³-hybridized carbons (Fsp3) is 0.357. The molecule has 106 valence electrons. The van der Waals surface area contributed by atoms with Crippen LogP contribution >= 0.6 is 11.6 Å². The zero-order valence-electron chi connectivity index (χ0n) is 11.5. The molecule has 0 aromatic carbocycles. The summed E-state index contributed by atoms with van der Waals surface area (Å²) in [7, 11) is 0. The summed E-state index contributed by atoms with van der Waals surface area (Å²) in [6, 6.07) is 5.63. The minimum Gasteiger partial charge on any atom is -0.374 e. The van der Waals surface area contributed by atoms with Crippen LogP contribution in [0.1, 0.15) is 32.0 Å². The van der Waals surface area contributed by atoms with Gasteiger partial charge in [-0.2, -0.15) is 5.10 Å². The number of hydrogen-bond acceptors (Lipinski definition) is 4. The number of nitrogens with zero attached hydrogens (tertiary/aromatic N) is 3. The number of aryl methyl sites for hydroxylation is 1. The van der Waals surface area contributed by atoms with Crippen LogP contribution in [-0.2, 0) is 6.54 Å². The van der Waals surface area contributed by atoms with Gasteiger partial charge in [-0.1, -0.05) is 24.6 Å². The maximum atomic E-state index is 12.0. The fourth-order valence-electron chi connectivity index (χ4n) is 1.88. The first kappa shape index (κ1) is 14.5. The van der Waals surface area contributed by atoms with Gasteiger partial charge in [0.25, 0.3) is 5.56 Å². The molecule has 2 aromatic heterocycles. The lowest BCUT2D eigenvalue weighted by Gasteiger charge is -2.15. The third-order valence-corrected chi connectivity index (χ3v) is 3.29. The predicted molar refractivity (Wildman–Crippen MR) is 80.1 cm³/mol. The molecular formula is C14H17ClN4O. The summed E-state index contributed by atoms with van der Waals surface area (Å²) < 4.78 is 1.37. The van der Waals surface area contributed by atoms with Crippen molar-refractivity contribution < 1.29 is 0 Å². The van der Waals surface area contributed by atoms with Crippen molar-refractivity contribution in [1.82, 2.24) is 14.8 Å². The van der Waals surface area contributed by atoms with E-state index in [9.17, 15) is 4.79 Å². The van der Waals surface area contributed by atoms with Gasteiger partial charge in [-0.15, -0.1) is 0 Å². The quantitative estimate of drug-likeness (QED) is 0.920. The minimum absolute atomic E-state index is 0.0584. The van der Waals surface area contributed by atoms with Crippen LogP contribution in [0, 0.1) is 0 Å². The van der Waals surface area contributed by atoms with Crippen molar-refractivity contribution in [2.75, 3.05) is 5.32 Å². The van der Waals surface area contributed by atoms with Crippen molar-refractivity contribution in [2.45, 2.75) is 32.9 Å². The standard InChI is InChI=1S/C14H17ClN4O/c1-3-8-19-14(20)13(15)12(9-17-19)18-10(2)11-6-4-5-7-16-11/h4-7,9-10,18H,3,8H2,1-2H3. The highest BCUT2D eigenvalue weighted by atomic mass is 35.5. The third kappa shape index (κ3) is 3.17. The molecule has 2 rings (SSSR count). The molecule has 0 saturated carbocycles. The van der Waals surface area contributed by atoms with E-state index in [0.29, 0.717) is 12.2 Å². The maximum Gasteiger partial charge on any atom is 0.287 e. The summed E-state index contributed by atoms with van der Waals surface area (Å²) in [5, 5.41) is 7.44. The zero-order chi connectivity index (χ0) is 14.5. The number of anilines is 1. The number of rotatable bonds is 5. The highest BCUT2D eigenvalue weighted by Gasteiger charge is 2.12. The molecule has 0 aliphatic carbocycles. The zero-order valence-corrected chi connectivity index (χ0v) is 12.3. The average molecular weight is 293 g/mol. The van der Waals surface area contributed by atoms with Gasteiger partial charge in [0.2, 0.25) is 0 Å². The molecule has 1 atom stereocenters. The molecule has 6 heteroatoms. The average Bonchev–Trinajstić information content (AvgIpc) is 2.48. The number of pyridine rings is 1. The van der Waals surface area contributed by atoms with Crippen LogP contribution in [-0.4, -0.2) is 14.8 Å². The van der Waals surface area contributed by atoms with Crippen LogP contribution in [0.15, 0.2) is 35.4 Å². The van der Waals surface area contributed by atoms with E-state index in [0.717, 1.165) is 12.1 Å². The Labute approximate surface area is 122 Å². The van der Waals surface area contributed by atoms with Crippen molar-refractivity contribution in [3.63, 3.8) is 0 Å². The second-order valence-electron chi connectivity index (χ2n) is 4.52. The molecule has 5 nitrogen and oxygen atoms in total. The van der Waals surface area contributed by atoms with Crippen LogP contribution in [0.3, 0.4) is 0 Å². The first-order valence-electron chi connectivity index (χ1n) is 6.56. The van der Waals surface area contributed by atoms with Gasteiger partial charge in [0.15, 0.2) is 0 Å². The molecule has 1 unspecified atom stereocenters. The Hall–Kier alpha value is -1.88. The SMILES string of the molecule is CCCn1ncc(NC(C)c2ccccn2)c(Cl)c1=O. The van der Waals surface area contributed by atoms with Gasteiger partial charge < -0.3 is 5.32 Å². The lowest BCUT2D eigenvalue weighted by atomic mass is 10.2. The summed E-state index contributed by atoms with van der Waals surface area (Å²) >= 11 is 6.11. The first-order chi connectivity index (χ1) is 9.63. The van der Waals surface area contributed by atoms with Crippen molar-refractivity contribution in [3.05, 3.63) is 51.7 Å². The van der Waals surface area contributed by atoms with E-state index in [4.69, 9.17) is 11.6 Å². The Kier molecular flexibility index (Phi) is 4.74. The monoisotopic (exact) mass is 292 g/mol. The topological polar surface area (TPSA) is 59.8 Å². The van der Waals surface area contributed by atoms with Crippen LogP contribution in [0.2, 0.25) is 5.02 Å². The van der Waals surface area contributed by atoms with Crippen LogP contribution in [0.5, 0.6) is 0 Å². The van der Waals surface area contributed by atoms with Gasteiger partial charge in [-0.05, 0) is 25.5 Å². The van der Waals surface area contributed by atoms with Crippen molar-refractivity contribution >= 4 is 17.3 Å². The molecule has 2 aromatic rings. The van der Waals surface area contributed by atoms with E-state index in [1.54, 1.807) is 12.4 Å². The molecule has 2 heterocycles. The Morgan fingerprint density at radius 1 is 1.45 bits per heavy atom. The summed E-state index contributed by atoms with van der Waals surface area (Å²) in [5.74, 6) is 0. The molecule has 0 radical (unpaired) electrons. The molecule has 1 N–H and O–H groups in total. The van der Waals surface area contributed by atoms with Crippen LogP contribution < -0.4 is 10.9 Å². The summed E-state index contributed by atoms with van der Waals surface area (Å²) in [6.07, 6.45) is 4.14. The number of hydrogen-bond donors (Lipinski definition) is 1. The van der Waals surface area contributed by atoms with Gasteiger partial charge in [0, 0.05) is 12.7 Å². The minimum atomic E-state index is -0.272. The predicted octanol–water partition coefficient (Wildman–Crippen LogP) is 2.87. The Morgan fingerprint density at radius 2 is 2.25 bits per heavy atom. The smallest absolute Gasteiger partial charge is 0.287 e. The molecule has 0 aliphatic rings. The largest absolute Gasteiger partial charge is 0.374 e. The van der Waals surface area contributed by atoms with Gasteiger partial charge >= 0.3 is 0 Å². The highest BCUT2D eigenvalue weighted by Crippen LogP contribution is 2.21. The Bertz CT molecular complexity index is 627. The fourth-order valence-corrected chi connectivity index (χ4v) is 2.08. The number of aromatic nitrogens is 3. The summed E-state index contributed by atoms with van der Waals surface area (Å²) in [4.78, 5) is 16.3. The summed E-state index contributed by atoms with van der Waals surface area (Å²) in [5.41, 5.74) is 1.13. The number of halogens is 1. The molecule has 0 saturated heterocycles. The van der Waals surface area contributed by atoms with Crippen LogP contribution in [0.25, 0.3) is 0 Å². The van der Waals surface area contributed by atoms with Gasteiger partial charge in [-0.3, -0.25) is 9.78 Å². The molecule has 0 aliphatic heterocycles. The molecule has 0 spiro atoms. The maximum absolute atomic E-state index is 12.0. The Balaban J connectivity index is 2.22. The van der Waals surface area contributed by atoms with Gasteiger partial charge in [0.1, 0.15) is 5.02 Å². The Morgan fingerprint density at radius 3 is 2.90 bits per heavy atom. The van der Waals surface area contributed by atoms with Gasteiger partial charge in [0.05, 0.1) is 23.6 Å². The lowest BCUT2D eigenvalue weighted by Crippen LogP contribution is -2.24. The first-order valence-corrected chi connectivity index (χ1v) is 6.94. The molecular weight excluding hydrogens is 276 g/mol. The molecule has 0 fully saturated rings. The van der Waals surface area contributed by atoms with Gasteiger partial charge in [-0.25, -0.2) is 4.68 Å². The summed E-state index contributed by atoms with van der Waals surface area (Å²) in [6.45, 7) is 4.50. The van der Waals surface area contributed by atoms with E-state index >= 15 is 0 Å². The second-order valence-corrected chi connectivity index (χ2v) is 4.90. The van der Waals surface area contributed by atoms with E-state index in [1.807, 2.05) is 32.0 Å². The third-order valence-electron chi connectivity index (χ3n) is 2.92. The van der Waals surface area contributed by atoms with Crippen molar-refractivity contribution in [2.24, 2.45) is 0 Å². The molecule has 0 amide bonds. The van der Waals surface area contributed by atoms with E-state index in [-0.39, 0.29) is 16.6 Å². The number of nitrogens with one attached hydrogen (secondary N) is 1. The van der Waals surface area contributed by atoms with Crippen molar-refractivity contribution in [3.8, 4) is 0 Å². The van der Waals surface area contributed by atoms with E-state index in [1.165, 1.54) is 4.68 Å². The normalized spacial score (nSPS) is 12.2. The highest BCUT2D eigenvalue weighted by molar-refractivity contribution is 6.32. The van der Waals surface area contributed by atoms with E-state index in [2.05, 4.69) is 15.4 Å².